The fourth-order valence-corrected chi connectivity index (χ4v) is 2.12. The van der Waals surface area contributed by atoms with Crippen LogP contribution in [-0.4, -0.2) is 51.8 Å². The first-order valence-electron chi connectivity index (χ1n) is 8.59. The lowest BCUT2D eigenvalue weighted by molar-refractivity contribution is -0.119. The molecule has 1 rings (SSSR count). The van der Waals surface area contributed by atoms with Crippen LogP contribution in [-0.2, 0) is 16.0 Å². The maximum atomic E-state index is 11.8. The molecule has 0 radical (unpaired) electrons. The smallest absolute Gasteiger partial charge is 0.239 e. The van der Waals surface area contributed by atoms with Gasteiger partial charge in [0.25, 0.3) is 0 Å². The van der Waals surface area contributed by atoms with Crippen molar-refractivity contribution < 1.29 is 9.53 Å². The summed E-state index contributed by atoms with van der Waals surface area (Å²) in [5.74, 6) is 0.606. The van der Waals surface area contributed by atoms with Gasteiger partial charge in [-0.2, -0.15) is 0 Å². The molecule has 0 aromatic heterocycles. The molecule has 134 valence electrons. The van der Waals surface area contributed by atoms with Crippen molar-refractivity contribution in [3.8, 4) is 0 Å². The summed E-state index contributed by atoms with van der Waals surface area (Å²) >= 11 is 0. The molecular weight excluding hydrogens is 304 g/mol. The fraction of sp³-hybridized carbons (Fsp3) is 0.556. The number of hydrogen-bond acceptors (Lipinski definition) is 3. The molecule has 0 fully saturated rings. The number of nitrogens with one attached hydrogen (secondary N) is 3. The van der Waals surface area contributed by atoms with Crippen molar-refractivity contribution in [2.24, 2.45) is 4.99 Å². The number of hydrogen-bond donors (Lipinski definition) is 3. The number of guanidine groups is 1. The fourth-order valence-electron chi connectivity index (χ4n) is 2.12. The van der Waals surface area contributed by atoms with E-state index in [9.17, 15) is 4.79 Å². The molecule has 0 aliphatic carbocycles. The maximum absolute atomic E-state index is 11.8. The number of carbonyl (C=O) groups is 1. The Morgan fingerprint density at radius 1 is 1.08 bits per heavy atom. The second-order valence-electron chi connectivity index (χ2n) is 5.34. The minimum atomic E-state index is -0.0368. The number of benzene rings is 1. The van der Waals surface area contributed by atoms with Gasteiger partial charge in [0.1, 0.15) is 0 Å². The summed E-state index contributed by atoms with van der Waals surface area (Å²) in [6.45, 7) is 5.20. The molecule has 0 heterocycles. The van der Waals surface area contributed by atoms with Gasteiger partial charge in [0.15, 0.2) is 5.96 Å². The third-order valence-corrected chi connectivity index (χ3v) is 3.43. The topological polar surface area (TPSA) is 74.8 Å². The van der Waals surface area contributed by atoms with E-state index in [1.165, 1.54) is 5.56 Å². The van der Waals surface area contributed by atoms with E-state index in [2.05, 4.69) is 33.1 Å². The molecule has 0 unspecified atom stereocenters. The maximum Gasteiger partial charge on any atom is 0.239 e. The van der Waals surface area contributed by atoms with Crippen LogP contribution in [0.4, 0.5) is 0 Å². The minimum absolute atomic E-state index is 0.0368. The lowest BCUT2D eigenvalue weighted by atomic mass is 10.1. The van der Waals surface area contributed by atoms with Crippen molar-refractivity contribution >= 4 is 11.9 Å². The van der Waals surface area contributed by atoms with Gasteiger partial charge in [0.05, 0.1) is 6.54 Å². The number of nitrogens with zero attached hydrogens (tertiary/aromatic N) is 1. The normalized spacial score (nSPS) is 11.2. The predicted molar refractivity (Wildman–Crippen MR) is 98.2 cm³/mol. The van der Waals surface area contributed by atoms with Crippen molar-refractivity contribution in [3.05, 3.63) is 35.9 Å². The Balaban J connectivity index is 2.08. The Kier molecular flexibility index (Phi) is 11.1. The molecule has 1 aromatic carbocycles. The zero-order chi connectivity index (χ0) is 17.5. The first-order valence-corrected chi connectivity index (χ1v) is 8.59. The Morgan fingerprint density at radius 3 is 2.58 bits per heavy atom. The van der Waals surface area contributed by atoms with E-state index in [0.29, 0.717) is 12.5 Å². The summed E-state index contributed by atoms with van der Waals surface area (Å²) in [5.41, 5.74) is 1.22. The standard InChI is InChI=1S/C18H30N4O2/c1-3-24-14-8-7-12-21-18(19-2)22-15-17(23)20-13-11-16-9-5-4-6-10-16/h4-6,9-10H,3,7-8,11-15H2,1-2H3,(H,20,23)(H2,19,21,22). The molecule has 1 aromatic rings. The number of rotatable bonds is 11. The monoisotopic (exact) mass is 334 g/mol. The van der Waals surface area contributed by atoms with Gasteiger partial charge in [0, 0.05) is 33.4 Å². The summed E-state index contributed by atoms with van der Waals surface area (Å²) in [5, 5.41) is 9.10. The minimum Gasteiger partial charge on any atom is -0.382 e. The van der Waals surface area contributed by atoms with Crippen LogP contribution in [0.5, 0.6) is 0 Å². The summed E-state index contributed by atoms with van der Waals surface area (Å²) in [4.78, 5) is 15.9. The van der Waals surface area contributed by atoms with E-state index in [1.807, 2.05) is 25.1 Å². The van der Waals surface area contributed by atoms with Gasteiger partial charge < -0.3 is 20.7 Å². The van der Waals surface area contributed by atoms with Gasteiger partial charge in [-0.05, 0) is 31.7 Å². The highest BCUT2D eigenvalue weighted by Crippen LogP contribution is 1.97. The van der Waals surface area contributed by atoms with Crippen LogP contribution < -0.4 is 16.0 Å². The van der Waals surface area contributed by atoms with Crippen LogP contribution in [0.2, 0.25) is 0 Å². The van der Waals surface area contributed by atoms with E-state index in [1.54, 1.807) is 7.05 Å². The van der Waals surface area contributed by atoms with E-state index >= 15 is 0 Å². The van der Waals surface area contributed by atoms with E-state index < -0.39 is 0 Å². The zero-order valence-electron chi connectivity index (χ0n) is 14.8. The molecule has 6 nitrogen and oxygen atoms in total. The summed E-state index contributed by atoms with van der Waals surface area (Å²) in [7, 11) is 1.70. The molecule has 24 heavy (non-hydrogen) atoms. The quantitative estimate of drug-likeness (QED) is 0.324. The first kappa shape index (κ1) is 20.0. The SMILES string of the molecule is CCOCCCCNC(=NC)NCC(=O)NCCc1ccccc1. The van der Waals surface area contributed by atoms with E-state index in [4.69, 9.17) is 4.74 Å². The highest BCUT2D eigenvalue weighted by atomic mass is 16.5. The van der Waals surface area contributed by atoms with Crippen molar-refractivity contribution in [1.82, 2.24) is 16.0 Å². The average Bonchev–Trinajstić information content (AvgIpc) is 2.61. The Bertz CT molecular complexity index is 477. The van der Waals surface area contributed by atoms with Gasteiger partial charge in [-0.3, -0.25) is 9.79 Å². The lowest BCUT2D eigenvalue weighted by Crippen LogP contribution is -2.43. The second kappa shape index (κ2) is 13.4. The predicted octanol–water partition coefficient (Wildman–Crippen LogP) is 1.33. The zero-order valence-corrected chi connectivity index (χ0v) is 14.8. The molecule has 6 heteroatoms. The number of carbonyl (C=O) groups excluding carboxylic acids is 1. The van der Waals surface area contributed by atoms with Gasteiger partial charge in [0.2, 0.25) is 5.91 Å². The summed E-state index contributed by atoms with van der Waals surface area (Å²) in [6.07, 6.45) is 2.85. The second-order valence-corrected chi connectivity index (χ2v) is 5.34. The van der Waals surface area contributed by atoms with Crippen LogP contribution in [0.15, 0.2) is 35.3 Å². The number of amides is 1. The van der Waals surface area contributed by atoms with Crippen LogP contribution in [0.1, 0.15) is 25.3 Å². The highest BCUT2D eigenvalue weighted by Gasteiger charge is 2.03. The van der Waals surface area contributed by atoms with E-state index in [0.717, 1.165) is 39.0 Å². The van der Waals surface area contributed by atoms with Crippen LogP contribution in [0.3, 0.4) is 0 Å². The van der Waals surface area contributed by atoms with Crippen LogP contribution >= 0.6 is 0 Å². The third-order valence-electron chi connectivity index (χ3n) is 3.43. The van der Waals surface area contributed by atoms with Crippen LogP contribution in [0.25, 0.3) is 0 Å². The van der Waals surface area contributed by atoms with Crippen molar-refractivity contribution in [3.63, 3.8) is 0 Å². The summed E-state index contributed by atoms with van der Waals surface area (Å²) < 4.78 is 5.29. The Hall–Kier alpha value is -2.08. The van der Waals surface area contributed by atoms with Crippen LogP contribution in [0, 0.1) is 0 Å². The van der Waals surface area contributed by atoms with Crippen molar-refractivity contribution in [2.45, 2.75) is 26.2 Å². The van der Waals surface area contributed by atoms with Crippen molar-refractivity contribution in [2.75, 3.05) is 39.9 Å². The molecule has 0 aliphatic heterocycles. The molecule has 0 saturated carbocycles. The molecule has 0 saturated heterocycles. The van der Waals surface area contributed by atoms with E-state index in [-0.39, 0.29) is 12.5 Å². The van der Waals surface area contributed by atoms with Crippen molar-refractivity contribution in [1.29, 1.82) is 0 Å². The van der Waals surface area contributed by atoms with Gasteiger partial charge in [-0.1, -0.05) is 30.3 Å². The number of aliphatic imine (C=N–C) groups is 1. The number of unbranched alkanes of at least 4 members (excludes halogenated alkanes) is 1. The molecule has 0 atom stereocenters. The van der Waals surface area contributed by atoms with Gasteiger partial charge in [-0.25, -0.2) is 0 Å². The molecular formula is C18H30N4O2. The highest BCUT2D eigenvalue weighted by molar-refractivity contribution is 5.86. The van der Waals surface area contributed by atoms with Gasteiger partial charge in [-0.15, -0.1) is 0 Å². The molecule has 0 aliphatic rings. The lowest BCUT2D eigenvalue weighted by Gasteiger charge is -2.12. The number of ether oxygens (including phenoxy) is 1. The Morgan fingerprint density at radius 2 is 1.88 bits per heavy atom. The first-order chi connectivity index (χ1) is 11.8. The third kappa shape index (κ3) is 9.84. The largest absolute Gasteiger partial charge is 0.382 e. The molecule has 0 spiro atoms. The molecule has 0 bridgehead atoms. The Labute approximate surface area is 145 Å². The van der Waals surface area contributed by atoms with Gasteiger partial charge >= 0.3 is 0 Å². The summed E-state index contributed by atoms with van der Waals surface area (Å²) in [6, 6.07) is 10.1. The average molecular weight is 334 g/mol. The molecule has 1 amide bonds. The molecule has 3 N–H and O–H groups in total.